The highest BCUT2D eigenvalue weighted by Crippen LogP contribution is 2.35. The highest BCUT2D eigenvalue weighted by Gasteiger charge is 2.26. The fraction of sp³-hybridized carbons (Fsp3) is 0.462. The summed E-state index contributed by atoms with van der Waals surface area (Å²) in [4.78, 5) is 13.0. The molecular formula is C13H17BrN4OS. The zero-order chi connectivity index (χ0) is 14.9. The summed E-state index contributed by atoms with van der Waals surface area (Å²) in [7, 11) is 1.90. The summed E-state index contributed by atoms with van der Waals surface area (Å²) in [6.45, 7) is 3.83. The Labute approximate surface area is 131 Å². The Hall–Kier alpha value is -0.920. The van der Waals surface area contributed by atoms with Gasteiger partial charge in [0.05, 0.1) is 17.1 Å². The molecule has 0 aliphatic heterocycles. The monoisotopic (exact) mass is 356 g/mol. The molecule has 0 unspecified atom stereocenters. The van der Waals surface area contributed by atoms with Gasteiger partial charge in [-0.25, -0.2) is 4.98 Å². The second-order valence-corrected chi connectivity index (χ2v) is 6.18. The van der Waals surface area contributed by atoms with E-state index in [1.165, 1.54) is 0 Å². The summed E-state index contributed by atoms with van der Waals surface area (Å²) in [5.74, 6) is -0.163. The van der Waals surface area contributed by atoms with Crippen molar-refractivity contribution in [2.24, 2.45) is 7.05 Å². The van der Waals surface area contributed by atoms with Gasteiger partial charge in [-0.3, -0.25) is 9.97 Å². The molecule has 0 aromatic carbocycles. The molecule has 0 radical (unpaired) electrons. The highest BCUT2D eigenvalue weighted by molar-refractivity contribution is 9.10. The van der Waals surface area contributed by atoms with Crippen LogP contribution in [0.4, 0.5) is 0 Å². The molecule has 2 rings (SSSR count). The summed E-state index contributed by atoms with van der Waals surface area (Å²) >= 11 is 4.96. The summed E-state index contributed by atoms with van der Waals surface area (Å²) in [6, 6.07) is 0. The normalized spacial score (nSPS) is 14.3. The van der Waals surface area contributed by atoms with Gasteiger partial charge >= 0.3 is 0 Å². The minimum Gasteiger partial charge on any atom is -0.386 e. The van der Waals surface area contributed by atoms with E-state index in [-0.39, 0.29) is 5.92 Å². The van der Waals surface area contributed by atoms with E-state index < -0.39 is 6.10 Å². The van der Waals surface area contributed by atoms with E-state index in [9.17, 15) is 5.11 Å². The van der Waals surface area contributed by atoms with Crippen LogP contribution in [0.25, 0.3) is 0 Å². The number of halogens is 1. The predicted molar refractivity (Wildman–Crippen MR) is 82.8 cm³/mol. The molecule has 2 aromatic heterocycles. The maximum Gasteiger partial charge on any atom is 0.168 e. The number of imidazole rings is 1. The van der Waals surface area contributed by atoms with Gasteiger partial charge in [-0.05, 0) is 29.1 Å². The quantitative estimate of drug-likeness (QED) is 0.853. The van der Waals surface area contributed by atoms with Crippen LogP contribution in [-0.2, 0) is 7.05 Å². The lowest BCUT2D eigenvalue weighted by Crippen LogP contribution is -2.14. The summed E-state index contributed by atoms with van der Waals surface area (Å²) < 4.78 is 2.57. The summed E-state index contributed by atoms with van der Waals surface area (Å²) in [5.41, 5.74) is 2.37. The van der Waals surface area contributed by atoms with E-state index in [1.807, 2.05) is 31.7 Å². The van der Waals surface area contributed by atoms with Crippen molar-refractivity contribution < 1.29 is 5.11 Å². The smallest absolute Gasteiger partial charge is 0.168 e. The topological polar surface area (TPSA) is 63.8 Å². The number of aromatic nitrogens is 4. The van der Waals surface area contributed by atoms with E-state index >= 15 is 0 Å². The SMILES string of the molecule is CSc1nc(Br)c([C@H](O)[C@@H](C)c2cncc(C)n2)n1C. The highest BCUT2D eigenvalue weighted by atomic mass is 79.9. The van der Waals surface area contributed by atoms with E-state index in [4.69, 9.17) is 0 Å². The largest absolute Gasteiger partial charge is 0.386 e. The molecule has 108 valence electrons. The van der Waals surface area contributed by atoms with Crippen LogP contribution in [0.2, 0.25) is 0 Å². The lowest BCUT2D eigenvalue weighted by Gasteiger charge is -2.19. The van der Waals surface area contributed by atoms with Crippen LogP contribution in [0.5, 0.6) is 0 Å². The van der Waals surface area contributed by atoms with Gasteiger partial charge in [-0.15, -0.1) is 0 Å². The molecule has 0 saturated carbocycles. The van der Waals surface area contributed by atoms with Gasteiger partial charge in [0, 0.05) is 25.4 Å². The average Bonchev–Trinajstić information content (AvgIpc) is 2.71. The first-order chi connectivity index (χ1) is 9.45. The summed E-state index contributed by atoms with van der Waals surface area (Å²) in [5, 5.41) is 11.5. The zero-order valence-corrected chi connectivity index (χ0v) is 14.2. The zero-order valence-electron chi connectivity index (χ0n) is 11.8. The molecule has 0 saturated heterocycles. The summed E-state index contributed by atoms with van der Waals surface area (Å²) in [6.07, 6.45) is 4.66. The average molecular weight is 357 g/mol. The number of thioether (sulfide) groups is 1. The lowest BCUT2D eigenvalue weighted by atomic mass is 9.99. The van der Waals surface area contributed by atoms with Gasteiger partial charge in [-0.2, -0.15) is 0 Å². The number of aliphatic hydroxyl groups is 1. The van der Waals surface area contributed by atoms with Crippen LogP contribution >= 0.6 is 27.7 Å². The molecule has 0 spiro atoms. The maximum absolute atomic E-state index is 10.6. The maximum atomic E-state index is 10.6. The Morgan fingerprint density at radius 3 is 2.60 bits per heavy atom. The number of hydrogen-bond donors (Lipinski definition) is 1. The van der Waals surface area contributed by atoms with Crippen molar-refractivity contribution in [3.8, 4) is 0 Å². The van der Waals surface area contributed by atoms with Crippen LogP contribution in [-0.4, -0.2) is 30.9 Å². The fourth-order valence-electron chi connectivity index (χ4n) is 2.06. The molecule has 0 aliphatic carbocycles. The third-order valence-electron chi connectivity index (χ3n) is 3.23. The van der Waals surface area contributed by atoms with Crippen molar-refractivity contribution in [1.82, 2.24) is 19.5 Å². The van der Waals surface area contributed by atoms with Crippen molar-refractivity contribution in [1.29, 1.82) is 0 Å². The molecule has 0 amide bonds. The number of rotatable bonds is 4. The number of aliphatic hydroxyl groups excluding tert-OH is 1. The first kappa shape index (κ1) is 15.5. The third-order valence-corrected chi connectivity index (χ3v) is 4.54. The van der Waals surface area contributed by atoms with Gasteiger partial charge in [0.25, 0.3) is 0 Å². The molecule has 0 fully saturated rings. The van der Waals surface area contributed by atoms with Gasteiger partial charge in [0.1, 0.15) is 10.7 Å². The van der Waals surface area contributed by atoms with Gasteiger partial charge in [-0.1, -0.05) is 18.7 Å². The Balaban J connectivity index is 2.36. The van der Waals surface area contributed by atoms with E-state index in [0.717, 1.165) is 22.2 Å². The number of aryl methyl sites for hydroxylation is 1. The molecular weight excluding hydrogens is 340 g/mol. The molecule has 0 aliphatic rings. The second kappa shape index (κ2) is 6.24. The van der Waals surface area contributed by atoms with Crippen LogP contribution < -0.4 is 0 Å². The Morgan fingerprint density at radius 2 is 2.05 bits per heavy atom. The number of nitrogens with zero attached hydrogens (tertiary/aromatic N) is 4. The van der Waals surface area contributed by atoms with Crippen molar-refractivity contribution in [3.63, 3.8) is 0 Å². The minimum absolute atomic E-state index is 0.163. The minimum atomic E-state index is -0.695. The van der Waals surface area contributed by atoms with Crippen molar-refractivity contribution in [3.05, 3.63) is 34.1 Å². The Bertz CT molecular complexity index is 616. The molecule has 5 nitrogen and oxygen atoms in total. The van der Waals surface area contributed by atoms with E-state index in [1.54, 1.807) is 24.2 Å². The van der Waals surface area contributed by atoms with Crippen LogP contribution in [0, 0.1) is 6.92 Å². The first-order valence-corrected chi connectivity index (χ1v) is 8.20. The predicted octanol–water partition coefficient (Wildman–Crippen LogP) is 2.84. The molecule has 2 aromatic rings. The van der Waals surface area contributed by atoms with Gasteiger partial charge < -0.3 is 9.67 Å². The molecule has 1 N–H and O–H groups in total. The molecule has 2 atom stereocenters. The number of hydrogen-bond acceptors (Lipinski definition) is 5. The van der Waals surface area contributed by atoms with E-state index in [2.05, 4.69) is 30.9 Å². The molecule has 2 heterocycles. The van der Waals surface area contributed by atoms with Crippen LogP contribution in [0.1, 0.15) is 36.0 Å². The third kappa shape index (κ3) is 2.89. The first-order valence-electron chi connectivity index (χ1n) is 6.18. The van der Waals surface area contributed by atoms with Gasteiger partial charge in [0.15, 0.2) is 5.16 Å². The molecule has 20 heavy (non-hydrogen) atoms. The van der Waals surface area contributed by atoms with Crippen molar-refractivity contribution in [2.45, 2.75) is 31.0 Å². The van der Waals surface area contributed by atoms with Crippen LogP contribution in [0.3, 0.4) is 0 Å². The van der Waals surface area contributed by atoms with Crippen molar-refractivity contribution in [2.75, 3.05) is 6.26 Å². The fourth-order valence-corrected chi connectivity index (χ4v) is 3.40. The van der Waals surface area contributed by atoms with Crippen LogP contribution in [0.15, 0.2) is 22.2 Å². The lowest BCUT2D eigenvalue weighted by molar-refractivity contribution is 0.140. The standard InChI is InChI=1S/C13H17BrN4OS/c1-7-5-15-6-9(16-7)8(2)11(19)10-12(14)17-13(20-4)18(10)3/h5-6,8,11,19H,1-4H3/t8-,11+/m0/s1. The van der Waals surface area contributed by atoms with Gasteiger partial charge in [0.2, 0.25) is 0 Å². The molecule has 7 heteroatoms. The van der Waals surface area contributed by atoms with Crippen molar-refractivity contribution >= 4 is 27.7 Å². The Morgan fingerprint density at radius 1 is 1.35 bits per heavy atom. The van der Waals surface area contributed by atoms with E-state index in [0.29, 0.717) is 4.60 Å². The second-order valence-electron chi connectivity index (χ2n) is 4.65. The Kier molecular flexibility index (Phi) is 4.82. The molecule has 0 bridgehead atoms.